The maximum atomic E-state index is 5.53. The maximum Gasteiger partial charge on any atom is 0.187 e. The van der Waals surface area contributed by atoms with Crippen molar-refractivity contribution in [1.29, 1.82) is 0 Å². The summed E-state index contributed by atoms with van der Waals surface area (Å²) >= 11 is 1.93. The summed E-state index contributed by atoms with van der Waals surface area (Å²) in [7, 11) is 0. The molecule has 1 saturated heterocycles. The van der Waals surface area contributed by atoms with Crippen molar-refractivity contribution in [2.45, 2.75) is 70.9 Å². The Bertz CT molecular complexity index is 824. The molecule has 0 spiro atoms. The molecular weight excluding hydrogens is 368 g/mol. The smallest absolute Gasteiger partial charge is 0.187 e. The van der Waals surface area contributed by atoms with Crippen LogP contribution in [-0.4, -0.2) is 42.3 Å². The molecule has 2 N–H and O–H groups in total. The van der Waals surface area contributed by atoms with Crippen LogP contribution in [-0.2, 0) is 24.1 Å². The molecule has 28 heavy (non-hydrogen) atoms. The van der Waals surface area contributed by atoms with E-state index in [2.05, 4.69) is 12.2 Å². The number of fused-ring (bicyclic) bond motifs is 3. The van der Waals surface area contributed by atoms with E-state index in [0.29, 0.717) is 6.04 Å². The lowest BCUT2D eigenvalue weighted by atomic mass is 9.89. The molecule has 0 radical (unpaired) electrons. The third kappa shape index (κ3) is 3.91. The van der Waals surface area contributed by atoms with Crippen molar-refractivity contribution < 1.29 is 9.64 Å². The second kappa shape index (κ2) is 8.25. The SMILES string of the molecule is C[C@H]1CCc2c(sc3nc(C[NH+]4CCOCC4)nc(NC4CCCCC4)c23)C1. The van der Waals surface area contributed by atoms with Crippen LogP contribution in [0, 0.1) is 5.92 Å². The summed E-state index contributed by atoms with van der Waals surface area (Å²) in [5.41, 5.74) is 1.54. The monoisotopic (exact) mass is 401 g/mol. The molecular formula is C22H33N4OS+. The summed E-state index contributed by atoms with van der Waals surface area (Å²) in [6, 6.07) is 0.577. The lowest BCUT2D eigenvalue weighted by Gasteiger charge is -2.25. The number of morpholine rings is 1. The molecule has 5 rings (SSSR count). The fraction of sp³-hybridized carbons (Fsp3) is 0.727. The molecule has 3 aliphatic rings. The van der Waals surface area contributed by atoms with E-state index in [1.807, 2.05) is 11.3 Å². The Morgan fingerprint density at radius 1 is 1.11 bits per heavy atom. The summed E-state index contributed by atoms with van der Waals surface area (Å²) in [5.74, 6) is 2.93. The van der Waals surface area contributed by atoms with Gasteiger partial charge in [-0.1, -0.05) is 26.2 Å². The Balaban J connectivity index is 1.50. The molecule has 1 atom stereocenters. The van der Waals surface area contributed by atoms with Gasteiger partial charge in [0, 0.05) is 10.9 Å². The van der Waals surface area contributed by atoms with Gasteiger partial charge in [0.2, 0.25) is 0 Å². The number of nitrogens with zero attached hydrogens (tertiary/aromatic N) is 2. The molecule has 2 aromatic rings. The summed E-state index contributed by atoms with van der Waals surface area (Å²) in [4.78, 5) is 14.5. The van der Waals surface area contributed by atoms with Gasteiger partial charge in [-0.05, 0) is 43.6 Å². The van der Waals surface area contributed by atoms with E-state index in [-0.39, 0.29) is 0 Å². The summed E-state index contributed by atoms with van der Waals surface area (Å²) in [6.07, 6.45) is 10.3. The van der Waals surface area contributed by atoms with Crippen LogP contribution in [0.3, 0.4) is 0 Å². The molecule has 5 nitrogen and oxygen atoms in total. The quantitative estimate of drug-likeness (QED) is 0.827. The van der Waals surface area contributed by atoms with Gasteiger partial charge in [0.15, 0.2) is 5.82 Å². The number of quaternary nitrogens is 1. The van der Waals surface area contributed by atoms with E-state index in [1.165, 1.54) is 61.6 Å². The van der Waals surface area contributed by atoms with Gasteiger partial charge >= 0.3 is 0 Å². The standard InChI is InChI=1S/C22H32N4OS/c1-15-7-8-17-18(13-15)28-22-20(17)21(23-16-5-3-2-4-6-16)24-19(25-22)14-26-9-11-27-12-10-26/h15-16H,2-14H2,1H3,(H,23,24,25)/p+1/t15-/m0/s1. The molecule has 2 fully saturated rings. The fourth-order valence-electron chi connectivity index (χ4n) is 5.07. The van der Waals surface area contributed by atoms with Gasteiger partial charge in [-0.25, -0.2) is 9.97 Å². The van der Waals surface area contributed by atoms with Crippen molar-refractivity contribution in [3.63, 3.8) is 0 Å². The zero-order chi connectivity index (χ0) is 18.9. The van der Waals surface area contributed by atoms with Crippen LogP contribution in [0.15, 0.2) is 0 Å². The number of anilines is 1. The van der Waals surface area contributed by atoms with Crippen molar-refractivity contribution in [2.75, 3.05) is 31.6 Å². The van der Waals surface area contributed by atoms with Crippen LogP contribution in [0.4, 0.5) is 5.82 Å². The molecule has 2 aromatic heterocycles. The van der Waals surface area contributed by atoms with Gasteiger partial charge in [-0.15, -0.1) is 11.3 Å². The predicted octanol–water partition coefficient (Wildman–Crippen LogP) is 2.98. The van der Waals surface area contributed by atoms with E-state index < -0.39 is 0 Å². The van der Waals surface area contributed by atoms with Crippen molar-refractivity contribution in [3.8, 4) is 0 Å². The first-order chi connectivity index (χ1) is 13.8. The molecule has 6 heteroatoms. The minimum atomic E-state index is 0.577. The van der Waals surface area contributed by atoms with Gasteiger partial charge in [0.05, 0.1) is 18.6 Å². The van der Waals surface area contributed by atoms with E-state index in [1.54, 1.807) is 15.3 Å². The van der Waals surface area contributed by atoms with Crippen LogP contribution >= 0.6 is 11.3 Å². The van der Waals surface area contributed by atoms with Gasteiger partial charge in [0.1, 0.15) is 30.3 Å². The highest BCUT2D eigenvalue weighted by Crippen LogP contribution is 2.40. The number of aromatic nitrogens is 2. The normalized spacial score (nSPS) is 24.4. The molecule has 152 valence electrons. The average Bonchev–Trinajstić information content (AvgIpc) is 3.07. The van der Waals surface area contributed by atoms with Crippen molar-refractivity contribution in [1.82, 2.24) is 9.97 Å². The third-order valence-electron chi connectivity index (χ3n) is 6.76. The summed E-state index contributed by atoms with van der Waals surface area (Å²) in [6.45, 7) is 7.13. The van der Waals surface area contributed by atoms with E-state index in [9.17, 15) is 0 Å². The van der Waals surface area contributed by atoms with Gasteiger partial charge in [-0.3, -0.25) is 0 Å². The zero-order valence-electron chi connectivity index (χ0n) is 17.1. The molecule has 0 aromatic carbocycles. The average molecular weight is 402 g/mol. The first-order valence-corrected chi connectivity index (χ1v) is 12.1. The van der Waals surface area contributed by atoms with E-state index in [4.69, 9.17) is 14.7 Å². The van der Waals surface area contributed by atoms with E-state index >= 15 is 0 Å². The van der Waals surface area contributed by atoms with Gasteiger partial charge in [0.25, 0.3) is 0 Å². The first kappa shape index (κ1) is 18.8. The van der Waals surface area contributed by atoms with E-state index in [0.717, 1.165) is 50.4 Å². The lowest BCUT2D eigenvalue weighted by Crippen LogP contribution is -3.12. The van der Waals surface area contributed by atoms with Crippen LogP contribution in [0.2, 0.25) is 0 Å². The van der Waals surface area contributed by atoms with Crippen LogP contribution in [0.25, 0.3) is 10.2 Å². The molecule has 1 aliphatic heterocycles. The molecule has 0 amide bonds. The number of rotatable bonds is 4. The Kier molecular flexibility index (Phi) is 5.53. The molecule has 2 aliphatic carbocycles. The Morgan fingerprint density at radius 2 is 1.93 bits per heavy atom. The van der Waals surface area contributed by atoms with Crippen LogP contribution in [0.1, 0.15) is 61.7 Å². The van der Waals surface area contributed by atoms with Crippen molar-refractivity contribution in [3.05, 3.63) is 16.3 Å². The number of ether oxygens (including phenoxy) is 1. The number of thiophene rings is 1. The second-order valence-electron chi connectivity index (χ2n) is 9.04. The highest BCUT2D eigenvalue weighted by atomic mass is 32.1. The fourth-order valence-corrected chi connectivity index (χ4v) is 6.47. The zero-order valence-corrected chi connectivity index (χ0v) is 17.9. The van der Waals surface area contributed by atoms with Crippen LogP contribution in [0.5, 0.6) is 0 Å². The summed E-state index contributed by atoms with van der Waals surface area (Å²) < 4.78 is 5.53. The highest BCUT2D eigenvalue weighted by Gasteiger charge is 2.26. The Morgan fingerprint density at radius 3 is 2.75 bits per heavy atom. The minimum Gasteiger partial charge on any atom is -0.370 e. The Hall–Kier alpha value is -1.24. The Labute approximate surface area is 171 Å². The topological polar surface area (TPSA) is 51.5 Å². The van der Waals surface area contributed by atoms with Gasteiger partial charge < -0.3 is 15.0 Å². The third-order valence-corrected chi connectivity index (χ3v) is 7.90. The summed E-state index contributed by atoms with van der Waals surface area (Å²) in [5, 5.41) is 5.22. The highest BCUT2D eigenvalue weighted by molar-refractivity contribution is 7.19. The maximum absolute atomic E-state index is 5.53. The van der Waals surface area contributed by atoms with Crippen molar-refractivity contribution in [2.24, 2.45) is 5.92 Å². The minimum absolute atomic E-state index is 0.577. The van der Waals surface area contributed by atoms with Crippen molar-refractivity contribution >= 4 is 27.4 Å². The lowest BCUT2D eigenvalue weighted by molar-refractivity contribution is -0.922. The molecule has 1 saturated carbocycles. The molecule has 0 unspecified atom stereocenters. The van der Waals surface area contributed by atoms with Crippen LogP contribution < -0.4 is 10.2 Å². The number of aryl methyl sites for hydroxylation is 1. The van der Waals surface area contributed by atoms with Gasteiger partial charge in [-0.2, -0.15) is 0 Å². The number of hydrogen-bond acceptors (Lipinski definition) is 5. The molecule has 0 bridgehead atoms. The molecule has 3 heterocycles. The number of nitrogens with one attached hydrogen (secondary N) is 2. The number of hydrogen-bond donors (Lipinski definition) is 2. The largest absolute Gasteiger partial charge is 0.370 e. The predicted molar refractivity (Wildman–Crippen MR) is 114 cm³/mol. The first-order valence-electron chi connectivity index (χ1n) is 11.3. The second-order valence-corrected chi connectivity index (χ2v) is 10.1.